The highest BCUT2D eigenvalue weighted by atomic mass is 35.5. The molecule has 0 atom stereocenters. The lowest BCUT2D eigenvalue weighted by Crippen LogP contribution is -2.33. The summed E-state index contributed by atoms with van der Waals surface area (Å²) in [7, 11) is -4.05. The number of fused-ring (bicyclic) bond motifs is 1. The normalized spacial score (nSPS) is 11.5. The molecule has 7 nitrogen and oxygen atoms in total. The lowest BCUT2D eigenvalue weighted by molar-refractivity contribution is 0.256. The minimum absolute atomic E-state index is 0.0877. The number of nitrogens with zero attached hydrogens (tertiary/aromatic N) is 1. The highest BCUT2D eigenvalue weighted by Crippen LogP contribution is 2.25. The number of thiophene rings is 1. The summed E-state index contributed by atoms with van der Waals surface area (Å²) >= 11 is 6.56. The molecule has 164 valence electrons. The summed E-state index contributed by atoms with van der Waals surface area (Å²) in [6.45, 7) is 1.63. The van der Waals surface area contributed by atoms with E-state index in [1.54, 1.807) is 37.4 Å². The van der Waals surface area contributed by atoms with E-state index in [9.17, 15) is 22.4 Å². The van der Waals surface area contributed by atoms with Crippen LogP contribution in [0, 0.1) is 12.7 Å². The molecule has 2 aromatic heterocycles. The van der Waals surface area contributed by atoms with Gasteiger partial charge in [0.05, 0.1) is 9.72 Å². The lowest BCUT2D eigenvalue weighted by Gasteiger charge is -2.10. The molecule has 0 saturated heterocycles. The fraction of sp³-hybridized carbons (Fsp3) is 0.0476. The molecule has 32 heavy (non-hydrogen) atoms. The van der Waals surface area contributed by atoms with Crippen molar-refractivity contribution in [2.75, 3.05) is 5.32 Å². The molecule has 2 N–H and O–H groups in total. The molecule has 4 rings (SSSR count). The van der Waals surface area contributed by atoms with E-state index in [2.05, 4.69) is 5.32 Å². The van der Waals surface area contributed by atoms with Gasteiger partial charge in [-0.25, -0.2) is 22.3 Å². The first-order chi connectivity index (χ1) is 15.1. The zero-order valence-corrected chi connectivity index (χ0v) is 18.8. The predicted molar refractivity (Wildman–Crippen MR) is 123 cm³/mol. The molecular formula is C21H15ClFN3O4S2. The van der Waals surface area contributed by atoms with E-state index < -0.39 is 21.9 Å². The Bertz CT molecular complexity index is 1510. The van der Waals surface area contributed by atoms with Crippen molar-refractivity contribution in [3.8, 4) is 5.69 Å². The van der Waals surface area contributed by atoms with Crippen molar-refractivity contribution in [2.45, 2.75) is 11.1 Å². The van der Waals surface area contributed by atoms with Crippen molar-refractivity contribution in [2.24, 2.45) is 0 Å². The highest BCUT2D eigenvalue weighted by molar-refractivity contribution is 7.92. The van der Waals surface area contributed by atoms with Crippen LogP contribution >= 0.6 is 22.9 Å². The van der Waals surface area contributed by atoms with Gasteiger partial charge in [0.15, 0.2) is 0 Å². The number of amides is 2. The van der Waals surface area contributed by atoms with Crippen LogP contribution in [0.1, 0.15) is 5.56 Å². The summed E-state index contributed by atoms with van der Waals surface area (Å²) in [4.78, 5) is 24.9. The van der Waals surface area contributed by atoms with Gasteiger partial charge in [-0.3, -0.25) is 9.36 Å². The SMILES string of the molecule is Cc1cc2ccn(-c3ccc(NC(=O)NS(=O)(=O)c4ccc(Cl)s4)cc3)c(=O)c2cc1F. The molecule has 0 aliphatic rings. The van der Waals surface area contributed by atoms with Gasteiger partial charge in [0.1, 0.15) is 10.0 Å². The second-order valence-electron chi connectivity index (χ2n) is 6.84. The number of sulfonamides is 1. The van der Waals surface area contributed by atoms with Crippen molar-refractivity contribution in [3.05, 3.63) is 86.9 Å². The smallest absolute Gasteiger partial charge is 0.307 e. The Labute approximate surface area is 191 Å². The van der Waals surface area contributed by atoms with Crippen LogP contribution in [0.5, 0.6) is 0 Å². The highest BCUT2D eigenvalue weighted by Gasteiger charge is 2.19. The zero-order valence-electron chi connectivity index (χ0n) is 16.4. The van der Waals surface area contributed by atoms with E-state index in [4.69, 9.17) is 11.6 Å². The Hall–Kier alpha value is -3.21. The number of halogens is 2. The molecule has 0 fully saturated rings. The number of carbonyl (C=O) groups excluding carboxylic acids is 1. The number of hydrogen-bond donors (Lipinski definition) is 2. The molecule has 4 aromatic rings. The van der Waals surface area contributed by atoms with Gasteiger partial charge in [-0.1, -0.05) is 11.6 Å². The standard InChI is InChI=1S/C21H15ClFN3O4S2/c1-12-10-13-8-9-26(20(27)16(13)11-17(12)23)15-4-2-14(3-5-15)24-21(28)25-32(29,30)19-7-6-18(22)31-19/h2-11H,1H3,(H2,24,25,28). The molecule has 0 unspecified atom stereocenters. The third-order valence-electron chi connectivity index (χ3n) is 4.63. The number of nitrogens with one attached hydrogen (secondary N) is 2. The van der Waals surface area contributed by atoms with Crippen molar-refractivity contribution < 1.29 is 17.6 Å². The van der Waals surface area contributed by atoms with E-state index >= 15 is 0 Å². The lowest BCUT2D eigenvalue weighted by atomic mass is 10.1. The number of aryl methyl sites for hydroxylation is 1. The van der Waals surface area contributed by atoms with Gasteiger partial charge < -0.3 is 5.32 Å². The van der Waals surface area contributed by atoms with Crippen LogP contribution < -0.4 is 15.6 Å². The van der Waals surface area contributed by atoms with Crippen LogP contribution in [0.2, 0.25) is 4.34 Å². The monoisotopic (exact) mass is 491 g/mol. The number of aromatic nitrogens is 1. The van der Waals surface area contributed by atoms with Gasteiger partial charge in [-0.2, -0.15) is 0 Å². The van der Waals surface area contributed by atoms with Gasteiger partial charge >= 0.3 is 6.03 Å². The van der Waals surface area contributed by atoms with Gasteiger partial charge in [0.25, 0.3) is 15.6 Å². The van der Waals surface area contributed by atoms with E-state index in [1.165, 1.54) is 34.9 Å². The third-order valence-corrected chi connectivity index (χ3v) is 7.68. The number of urea groups is 1. The average molecular weight is 492 g/mol. The fourth-order valence-corrected chi connectivity index (χ4v) is 5.45. The van der Waals surface area contributed by atoms with Gasteiger partial charge in [-0.15, -0.1) is 11.3 Å². The summed E-state index contributed by atoms with van der Waals surface area (Å²) in [6.07, 6.45) is 1.58. The first kappa shape index (κ1) is 22.0. The van der Waals surface area contributed by atoms with Gasteiger partial charge in [0.2, 0.25) is 0 Å². The Morgan fingerprint density at radius 3 is 2.47 bits per heavy atom. The van der Waals surface area contributed by atoms with Crippen LogP contribution in [0.15, 0.2) is 69.8 Å². The molecule has 11 heteroatoms. The maximum absolute atomic E-state index is 13.9. The Morgan fingerprint density at radius 1 is 1.09 bits per heavy atom. The summed E-state index contributed by atoms with van der Waals surface area (Å²) in [5.74, 6) is -0.460. The molecule has 2 aromatic carbocycles. The summed E-state index contributed by atoms with van der Waals surface area (Å²) < 4.78 is 41.8. The maximum Gasteiger partial charge on any atom is 0.333 e. The predicted octanol–water partition coefficient (Wildman–Crippen LogP) is 4.66. The van der Waals surface area contributed by atoms with E-state index in [1.807, 2.05) is 4.72 Å². The molecule has 0 bridgehead atoms. The molecule has 0 saturated carbocycles. The van der Waals surface area contributed by atoms with E-state index in [-0.39, 0.29) is 19.5 Å². The molecule has 2 heterocycles. The average Bonchev–Trinajstić information content (AvgIpc) is 3.18. The summed E-state index contributed by atoms with van der Waals surface area (Å²) in [5.41, 5.74) is 0.860. The minimum atomic E-state index is -4.05. The fourth-order valence-electron chi connectivity index (χ4n) is 3.06. The van der Waals surface area contributed by atoms with Crippen molar-refractivity contribution in [1.29, 1.82) is 0 Å². The number of carbonyl (C=O) groups is 1. The third kappa shape index (κ3) is 4.38. The second-order valence-corrected chi connectivity index (χ2v) is 10.5. The van der Waals surface area contributed by atoms with E-state index in [0.717, 1.165) is 11.3 Å². The van der Waals surface area contributed by atoms with Crippen molar-refractivity contribution in [1.82, 2.24) is 9.29 Å². The Kier molecular flexibility index (Phi) is 5.76. The van der Waals surface area contributed by atoms with Crippen LogP contribution in [0.3, 0.4) is 0 Å². The Morgan fingerprint density at radius 2 is 1.81 bits per heavy atom. The maximum atomic E-state index is 13.9. The van der Waals surface area contributed by atoms with Gasteiger partial charge in [0, 0.05) is 17.6 Å². The van der Waals surface area contributed by atoms with Crippen molar-refractivity contribution in [3.63, 3.8) is 0 Å². The number of rotatable bonds is 4. The first-order valence-corrected chi connectivity index (χ1v) is 11.8. The molecule has 0 aliphatic carbocycles. The summed E-state index contributed by atoms with van der Waals surface area (Å²) in [6, 6.07) is 12.5. The van der Waals surface area contributed by atoms with Gasteiger partial charge in [-0.05, 0) is 72.5 Å². The number of anilines is 1. The van der Waals surface area contributed by atoms with Crippen LogP contribution in [-0.2, 0) is 10.0 Å². The van der Waals surface area contributed by atoms with Crippen molar-refractivity contribution >= 4 is 55.5 Å². The topological polar surface area (TPSA) is 97.3 Å². The zero-order chi connectivity index (χ0) is 23.0. The first-order valence-electron chi connectivity index (χ1n) is 9.15. The second kappa shape index (κ2) is 8.38. The van der Waals surface area contributed by atoms with Crippen LogP contribution in [0.4, 0.5) is 14.9 Å². The van der Waals surface area contributed by atoms with Crippen LogP contribution in [0.25, 0.3) is 16.5 Å². The minimum Gasteiger partial charge on any atom is -0.307 e. The summed E-state index contributed by atoms with van der Waals surface area (Å²) in [5, 5.41) is 3.30. The molecule has 0 spiro atoms. The quantitative estimate of drug-likeness (QED) is 0.433. The molecule has 0 aliphatic heterocycles. The molecule has 0 radical (unpaired) electrons. The Balaban J connectivity index is 1.53. The van der Waals surface area contributed by atoms with E-state index in [0.29, 0.717) is 22.3 Å². The number of benzene rings is 2. The van der Waals surface area contributed by atoms with Crippen LogP contribution in [-0.4, -0.2) is 19.0 Å². The number of hydrogen-bond acceptors (Lipinski definition) is 5. The largest absolute Gasteiger partial charge is 0.333 e. The molecule has 2 amide bonds. The number of pyridine rings is 1. The molecular weight excluding hydrogens is 477 g/mol.